The van der Waals surface area contributed by atoms with E-state index in [1.54, 1.807) is 6.92 Å². The van der Waals surface area contributed by atoms with Crippen molar-refractivity contribution in [3.05, 3.63) is 34.9 Å². The van der Waals surface area contributed by atoms with E-state index < -0.39 is 0 Å². The molecule has 0 bridgehead atoms. The average molecular weight is 341 g/mol. The quantitative estimate of drug-likeness (QED) is 0.858. The number of carbonyl (C=O) groups excluding carboxylic acids is 2. The number of hydrogen-bond donors (Lipinski definition) is 2. The van der Waals surface area contributed by atoms with Gasteiger partial charge in [-0.15, -0.1) is 11.8 Å². The molecule has 1 atom stereocenters. The van der Waals surface area contributed by atoms with Gasteiger partial charge in [0.05, 0.1) is 5.25 Å². The monoisotopic (exact) mass is 340 g/mol. The van der Waals surface area contributed by atoms with E-state index in [-0.39, 0.29) is 23.2 Å². The standard InChI is InChI=1S/C16H21ClN2O2S/c1-11(22-10-12-6-8-13(17)9-7-12)15(20)19-16(21)18-14-4-2-3-5-14/h6-9,11,14H,2-5,10H2,1H3,(H2,18,19,20,21)/t11-/m0/s1. The summed E-state index contributed by atoms with van der Waals surface area (Å²) in [5.74, 6) is 0.449. The maximum absolute atomic E-state index is 12.0. The third-order valence-electron chi connectivity index (χ3n) is 3.71. The molecule has 1 saturated carbocycles. The van der Waals surface area contributed by atoms with Crippen LogP contribution in [0.3, 0.4) is 0 Å². The van der Waals surface area contributed by atoms with Crippen LogP contribution in [-0.2, 0) is 10.5 Å². The van der Waals surface area contributed by atoms with E-state index in [1.165, 1.54) is 11.8 Å². The SMILES string of the molecule is C[C@H](SCc1ccc(Cl)cc1)C(=O)NC(=O)NC1CCCC1. The van der Waals surface area contributed by atoms with Crippen molar-refractivity contribution < 1.29 is 9.59 Å². The van der Waals surface area contributed by atoms with Crippen LogP contribution in [-0.4, -0.2) is 23.2 Å². The highest BCUT2D eigenvalue weighted by molar-refractivity contribution is 7.99. The first kappa shape index (κ1) is 17.2. The molecule has 1 aliphatic rings. The Kier molecular flexibility index (Phi) is 6.58. The molecule has 120 valence electrons. The van der Waals surface area contributed by atoms with Crippen molar-refractivity contribution in [1.82, 2.24) is 10.6 Å². The van der Waals surface area contributed by atoms with E-state index in [9.17, 15) is 9.59 Å². The number of thioether (sulfide) groups is 1. The van der Waals surface area contributed by atoms with Crippen molar-refractivity contribution in [2.45, 2.75) is 49.7 Å². The lowest BCUT2D eigenvalue weighted by Crippen LogP contribution is -2.45. The molecule has 1 fully saturated rings. The topological polar surface area (TPSA) is 58.2 Å². The molecule has 0 aromatic heterocycles. The van der Waals surface area contributed by atoms with Crippen LogP contribution in [0.5, 0.6) is 0 Å². The highest BCUT2D eigenvalue weighted by Crippen LogP contribution is 2.20. The van der Waals surface area contributed by atoms with Crippen LogP contribution in [0.1, 0.15) is 38.2 Å². The summed E-state index contributed by atoms with van der Waals surface area (Å²) >= 11 is 7.33. The molecule has 0 unspecified atom stereocenters. The van der Waals surface area contributed by atoms with E-state index in [2.05, 4.69) is 10.6 Å². The van der Waals surface area contributed by atoms with Gasteiger partial charge in [-0.2, -0.15) is 0 Å². The lowest BCUT2D eigenvalue weighted by atomic mass is 10.2. The van der Waals surface area contributed by atoms with Gasteiger partial charge in [0.15, 0.2) is 0 Å². The lowest BCUT2D eigenvalue weighted by molar-refractivity contribution is -0.119. The molecule has 0 radical (unpaired) electrons. The maximum atomic E-state index is 12.0. The van der Waals surface area contributed by atoms with E-state index in [0.29, 0.717) is 10.8 Å². The molecule has 1 aliphatic carbocycles. The van der Waals surface area contributed by atoms with Crippen LogP contribution in [0, 0.1) is 0 Å². The number of imide groups is 1. The van der Waals surface area contributed by atoms with Gasteiger partial charge in [0.25, 0.3) is 0 Å². The molecular weight excluding hydrogens is 320 g/mol. The molecule has 4 nitrogen and oxygen atoms in total. The Morgan fingerprint density at radius 2 is 1.91 bits per heavy atom. The Hall–Kier alpha value is -1.20. The van der Waals surface area contributed by atoms with Gasteiger partial charge in [-0.1, -0.05) is 36.6 Å². The summed E-state index contributed by atoms with van der Waals surface area (Å²) in [5, 5.41) is 5.68. The zero-order valence-electron chi connectivity index (χ0n) is 12.6. The fourth-order valence-electron chi connectivity index (χ4n) is 2.38. The summed E-state index contributed by atoms with van der Waals surface area (Å²) in [4.78, 5) is 23.7. The number of nitrogens with one attached hydrogen (secondary N) is 2. The number of urea groups is 1. The van der Waals surface area contributed by atoms with Crippen molar-refractivity contribution in [3.8, 4) is 0 Å². The number of carbonyl (C=O) groups is 2. The first-order valence-electron chi connectivity index (χ1n) is 7.52. The number of rotatable bonds is 5. The molecule has 2 N–H and O–H groups in total. The first-order chi connectivity index (χ1) is 10.5. The van der Waals surface area contributed by atoms with Gasteiger partial charge in [0.2, 0.25) is 5.91 Å². The summed E-state index contributed by atoms with van der Waals surface area (Å²) in [5.41, 5.74) is 1.10. The van der Waals surface area contributed by atoms with Crippen molar-refractivity contribution >= 4 is 35.3 Å². The molecule has 0 aliphatic heterocycles. The maximum Gasteiger partial charge on any atom is 0.321 e. The fraction of sp³-hybridized carbons (Fsp3) is 0.500. The third kappa shape index (κ3) is 5.54. The smallest absolute Gasteiger partial charge is 0.321 e. The molecule has 6 heteroatoms. The van der Waals surface area contributed by atoms with E-state index in [0.717, 1.165) is 31.2 Å². The Bertz CT molecular complexity index is 515. The minimum Gasteiger partial charge on any atom is -0.335 e. The highest BCUT2D eigenvalue weighted by atomic mass is 35.5. The molecular formula is C16H21ClN2O2S. The number of halogens is 1. The van der Waals surface area contributed by atoms with E-state index in [1.807, 2.05) is 24.3 Å². The Morgan fingerprint density at radius 1 is 1.27 bits per heavy atom. The molecule has 0 saturated heterocycles. The van der Waals surface area contributed by atoms with Gasteiger partial charge >= 0.3 is 6.03 Å². The Morgan fingerprint density at radius 3 is 2.55 bits per heavy atom. The first-order valence-corrected chi connectivity index (χ1v) is 8.94. The minimum absolute atomic E-state index is 0.213. The Labute approximate surface area is 140 Å². The predicted octanol–water partition coefficient (Wildman–Crippen LogP) is 3.73. The van der Waals surface area contributed by atoms with Gasteiger partial charge in [-0.05, 0) is 37.5 Å². The predicted molar refractivity (Wildman–Crippen MR) is 91.1 cm³/mol. The van der Waals surface area contributed by atoms with E-state index in [4.69, 9.17) is 11.6 Å². The highest BCUT2D eigenvalue weighted by Gasteiger charge is 2.20. The van der Waals surface area contributed by atoms with Crippen LogP contribution in [0.15, 0.2) is 24.3 Å². The van der Waals surface area contributed by atoms with Crippen molar-refractivity contribution in [1.29, 1.82) is 0 Å². The van der Waals surface area contributed by atoms with Crippen LogP contribution in [0.4, 0.5) is 4.79 Å². The molecule has 1 aromatic carbocycles. The summed E-state index contributed by atoms with van der Waals surface area (Å²) in [6.45, 7) is 1.80. The molecule has 2 rings (SSSR count). The van der Waals surface area contributed by atoms with Crippen molar-refractivity contribution in [2.75, 3.05) is 0 Å². The van der Waals surface area contributed by atoms with Gasteiger partial charge in [-0.25, -0.2) is 4.79 Å². The third-order valence-corrected chi connectivity index (χ3v) is 5.18. The van der Waals surface area contributed by atoms with Gasteiger partial charge in [0, 0.05) is 16.8 Å². The zero-order valence-corrected chi connectivity index (χ0v) is 14.2. The van der Waals surface area contributed by atoms with Gasteiger partial charge < -0.3 is 5.32 Å². The summed E-state index contributed by atoms with van der Waals surface area (Å²) < 4.78 is 0. The second kappa shape index (κ2) is 8.44. The second-order valence-corrected chi connectivity index (χ2v) is 7.29. The summed E-state index contributed by atoms with van der Waals surface area (Å²) in [7, 11) is 0. The van der Waals surface area contributed by atoms with Crippen molar-refractivity contribution in [2.24, 2.45) is 0 Å². The normalized spacial score (nSPS) is 16.3. The van der Waals surface area contributed by atoms with E-state index >= 15 is 0 Å². The molecule has 1 aromatic rings. The van der Waals surface area contributed by atoms with Crippen molar-refractivity contribution in [3.63, 3.8) is 0 Å². The molecule has 0 spiro atoms. The largest absolute Gasteiger partial charge is 0.335 e. The number of hydrogen-bond acceptors (Lipinski definition) is 3. The van der Waals surface area contributed by atoms with Crippen LogP contribution < -0.4 is 10.6 Å². The summed E-state index contributed by atoms with van der Waals surface area (Å²) in [6.07, 6.45) is 4.30. The average Bonchev–Trinajstić information content (AvgIpc) is 2.99. The fourth-order valence-corrected chi connectivity index (χ4v) is 3.35. The Balaban J connectivity index is 1.71. The number of benzene rings is 1. The molecule has 22 heavy (non-hydrogen) atoms. The van der Waals surface area contributed by atoms with Crippen LogP contribution in [0.2, 0.25) is 5.02 Å². The van der Waals surface area contributed by atoms with Crippen LogP contribution in [0.25, 0.3) is 0 Å². The van der Waals surface area contributed by atoms with Crippen LogP contribution >= 0.6 is 23.4 Å². The van der Waals surface area contributed by atoms with Gasteiger partial charge in [0.1, 0.15) is 0 Å². The molecule has 3 amide bonds. The summed E-state index contributed by atoms with van der Waals surface area (Å²) in [6, 6.07) is 7.37. The zero-order chi connectivity index (χ0) is 15.9. The lowest BCUT2D eigenvalue weighted by Gasteiger charge is -2.15. The van der Waals surface area contributed by atoms with Gasteiger partial charge in [-0.3, -0.25) is 10.1 Å². The molecule has 0 heterocycles. The second-order valence-electron chi connectivity index (χ2n) is 5.52. The number of amides is 3. The minimum atomic E-state index is -0.379.